The smallest absolute Gasteiger partial charge is 0.331 e. The minimum atomic E-state index is -0.351. The number of hydrogen-bond donors (Lipinski definition) is 0. The molecule has 0 heterocycles. The summed E-state index contributed by atoms with van der Waals surface area (Å²) in [5.74, 6) is -0.351. The normalized spacial score (nSPS) is 10.5. The van der Waals surface area contributed by atoms with Crippen molar-refractivity contribution in [3.05, 3.63) is 41.6 Å². The van der Waals surface area contributed by atoms with Gasteiger partial charge in [-0.05, 0) is 37.1 Å². The van der Waals surface area contributed by atoms with Crippen LogP contribution in [0.25, 0.3) is 0 Å². The lowest BCUT2D eigenvalue weighted by atomic mass is 10.1. The van der Waals surface area contributed by atoms with Crippen LogP contribution in [0.1, 0.15) is 11.1 Å². The van der Waals surface area contributed by atoms with Gasteiger partial charge in [0.25, 0.3) is 0 Å². The Bertz CT molecular complexity index is 390. The van der Waals surface area contributed by atoms with Gasteiger partial charge in [-0.3, -0.25) is 0 Å². The molecule has 0 aliphatic carbocycles. The van der Waals surface area contributed by atoms with E-state index in [0.29, 0.717) is 0 Å². The monoisotopic (exact) mass is 219 g/mol. The van der Waals surface area contributed by atoms with Gasteiger partial charge < -0.3 is 9.64 Å². The average molecular weight is 219 g/mol. The van der Waals surface area contributed by atoms with Gasteiger partial charge >= 0.3 is 5.97 Å². The number of benzene rings is 1. The maximum atomic E-state index is 10.9. The molecule has 3 nitrogen and oxygen atoms in total. The Balaban J connectivity index is 2.84. The Morgan fingerprint density at radius 3 is 2.31 bits per heavy atom. The number of esters is 1. The van der Waals surface area contributed by atoms with E-state index in [4.69, 9.17) is 0 Å². The molecule has 1 aromatic rings. The first-order chi connectivity index (χ1) is 7.52. The molecule has 0 atom stereocenters. The van der Waals surface area contributed by atoms with Gasteiger partial charge in [0.15, 0.2) is 0 Å². The molecular formula is C13H17NO2. The van der Waals surface area contributed by atoms with Gasteiger partial charge in [-0.1, -0.05) is 6.07 Å². The third-order valence-corrected chi connectivity index (χ3v) is 2.25. The van der Waals surface area contributed by atoms with Gasteiger partial charge in [0, 0.05) is 25.0 Å². The summed E-state index contributed by atoms with van der Waals surface area (Å²) in [6.45, 7) is 4.10. The largest absolute Gasteiger partial charge is 0.466 e. The van der Waals surface area contributed by atoms with E-state index < -0.39 is 0 Å². The number of anilines is 1. The molecule has 0 fully saturated rings. The molecule has 86 valence electrons. The Labute approximate surface area is 96.3 Å². The lowest BCUT2D eigenvalue weighted by molar-refractivity contribution is -0.134. The fraction of sp³-hybridized carbons (Fsp3) is 0.308. The van der Waals surface area contributed by atoms with Crippen LogP contribution in [0.15, 0.2) is 30.5 Å². The highest BCUT2D eigenvalue weighted by atomic mass is 16.5. The summed E-state index contributed by atoms with van der Waals surface area (Å²) in [6, 6.07) is 6.24. The summed E-state index contributed by atoms with van der Waals surface area (Å²) in [6.07, 6.45) is 3.09. The molecule has 0 unspecified atom stereocenters. The lowest BCUT2D eigenvalue weighted by Crippen LogP contribution is -2.09. The Morgan fingerprint density at radius 1 is 1.25 bits per heavy atom. The van der Waals surface area contributed by atoms with Crippen LogP contribution in [-0.2, 0) is 9.53 Å². The molecule has 1 aromatic carbocycles. The number of rotatable bonds is 3. The molecule has 1 rings (SSSR count). The van der Waals surface area contributed by atoms with Crippen molar-refractivity contribution in [2.75, 3.05) is 19.1 Å². The van der Waals surface area contributed by atoms with Crippen LogP contribution in [-0.4, -0.2) is 20.1 Å². The summed E-state index contributed by atoms with van der Waals surface area (Å²) in [5.41, 5.74) is 3.46. The zero-order chi connectivity index (χ0) is 12.1. The van der Waals surface area contributed by atoms with E-state index in [9.17, 15) is 4.79 Å². The zero-order valence-corrected chi connectivity index (χ0v) is 10.2. The SMILES string of the molecule is COC(=O)C=CN(C)c1cc(C)cc(C)c1. The molecule has 0 N–H and O–H groups in total. The summed E-state index contributed by atoms with van der Waals surface area (Å²) >= 11 is 0. The van der Waals surface area contributed by atoms with Crippen molar-refractivity contribution in [1.82, 2.24) is 0 Å². The van der Waals surface area contributed by atoms with Gasteiger partial charge in [0.1, 0.15) is 0 Å². The molecule has 0 spiro atoms. The molecule has 0 bridgehead atoms. The maximum absolute atomic E-state index is 10.9. The minimum absolute atomic E-state index is 0.351. The van der Waals surface area contributed by atoms with Crippen LogP contribution in [0.5, 0.6) is 0 Å². The lowest BCUT2D eigenvalue weighted by Gasteiger charge is -2.15. The average Bonchev–Trinajstić information content (AvgIpc) is 2.23. The van der Waals surface area contributed by atoms with Crippen molar-refractivity contribution in [2.24, 2.45) is 0 Å². The van der Waals surface area contributed by atoms with Crippen molar-refractivity contribution in [1.29, 1.82) is 0 Å². The second-order valence-corrected chi connectivity index (χ2v) is 3.80. The van der Waals surface area contributed by atoms with Crippen LogP contribution in [0, 0.1) is 13.8 Å². The van der Waals surface area contributed by atoms with E-state index in [1.165, 1.54) is 24.3 Å². The molecule has 0 aliphatic rings. The van der Waals surface area contributed by atoms with Gasteiger partial charge in [0.05, 0.1) is 7.11 Å². The number of ether oxygens (including phenoxy) is 1. The first-order valence-electron chi connectivity index (χ1n) is 5.10. The Kier molecular flexibility index (Phi) is 4.11. The quantitative estimate of drug-likeness (QED) is 0.577. The molecule has 0 aliphatic heterocycles. The molecule has 16 heavy (non-hydrogen) atoms. The van der Waals surface area contributed by atoms with Crippen molar-refractivity contribution in [3.8, 4) is 0 Å². The van der Waals surface area contributed by atoms with E-state index in [1.54, 1.807) is 6.20 Å². The first kappa shape index (κ1) is 12.3. The van der Waals surface area contributed by atoms with Crippen molar-refractivity contribution < 1.29 is 9.53 Å². The number of nitrogens with zero attached hydrogens (tertiary/aromatic N) is 1. The molecule has 0 radical (unpaired) electrons. The molecule has 0 aromatic heterocycles. The predicted molar refractivity (Wildman–Crippen MR) is 65.5 cm³/mol. The zero-order valence-electron chi connectivity index (χ0n) is 10.2. The fourth-order valence-corrected chi connectivity index (χ4v) is 1.48. The van der Waals surface area contributed by atoms with Gasteiger partial charge in [0.2, 0.25) is 0 Å². The van der Waals surface area contributed by atoms with Crippen molar-refractivity contribution in [2.45, 2.75) is 13.8 Å². The third-order valence-electron chi connectivity index (χ3n) is 2.25. The van der Waals surface area contributed by atoms with E-state index in [0.717, 1.165) is 5.69 Å². The summed E-state index contributed by atoms with van der Waals surface area (Å²) in [5, 5.41) is 0. The van der Waals surface area contributed by atoms with E-state index in [1.807, 2.05) is 25.8 Å². The number of carbonyl (C=O) groups is 1. The second kappa shape index (κ2) is 5.35. The van der Waals surface area contributed by atoms with Crippen LogP contribution in [0.2, 0.25) is 0 Å². The van der Waals surface area contributed by atoms with Crippen LogP contribution >= 0.6 is 0 Å². The van der Waals surface area contributed by atoms with Crippen LogP contribution in [0.3, 0.4) is 0 Å². The number of methoxy groups -OCH3 is 1. The van der Waals surface area contributed by atoms with E-state index in [2.05, 4.69) is 22.9 Å². The van der Waals surface area contributed by atoms with Gasteiger partial charge in [-0.15, -0.1) is 0 Å². The maximum Gasteiger partial charge on any atom is 0.331 e. The minimum Gasteiger partial charge on any atom is -0.466 e. The Hall–Kier alpha value is -1.77. The number of aryl methyl sites for hydroxylation is 2. The second-order valence-electron chi connectivity index (χ2n) is 3.80. The highest BCUT2D eigenvalue weighted by molar-refractivity contribution is 5.82. The fourth-order valence-electron chi connectivity index (χ4n) is 1.48. The molecule has 0 saturated carbocycles. The van der Waals surface area contributed by atoms with E-state index in [-0.39, 0.29) is 5.97 Å². The summed E-state index contributed by atoms with van der Waals surface area (Å²) in [7, 11) is 3.26. The molecule has 3 heteroatoms. The van der Waals surface area contributed by atoms with Gasteiger partial charge in [-0.2, -0.15) is 0 Å². The summed E-state index contributed by atoms with van der Waals surface area (Å²) < 4.78 is 4.53. The number of hydrogen-bond acceptors (Lipinski definition) is 3. The number of carbonyl (C=O) groups excluding carboxylic acids is 1. The van der Waals surface area contributed by atoms with Crippen molar-refractivity contribution >= 4 is 11.7 Å². The molecular weight excluding hydrogens is 202 g/mol. The van der Waals surface area contributed by atoms with E-state index >= 15 is 0 Å². The summed E-state index contributed by atoms with van der Waals surface area (Å²) in [4.78, 5) is 12.8. The highest BCUT2D eigenvalue weighted by Crippen LogP contribution is 2.17. The van der Waals surface area contributed by atoms with Gasteiger partial charge in [-0.25, -0.2) is 4.79 Å². The standard InChI is InChI=1S/C13H17NO2/c1-10-7-11(2)9-12(8-10)14(3)6-5-13(15)16-4/h5-9H,1-4H3. The molecule has 0 saturated heterocycles. The molecule has 0 amide bonds. The van der Waals surface area contributed by atoms with Crippen LogP contribution < -0.4 is 4.90 Å². The van der Waals surface area contributed by atoms with Crippen molar-refractivity contribution in [3.63, 3.8) is 0 Å². The predicted octanol–water partition coefficient (Wildman–Crippen LogP) is 2.43. The topological polar surface area (TPSA) is 29.5 Å². The third kappa shape index (κ3) is 3.42. The Morgan fingerprint density at radius 2 is 1.81 bits per heavy atom. The highest BCUT2D eigenvalue weighted by Gasteiger charge is 2.00. The first-order valence-corrected chi connectivity index (χ1v) is 5.10. The van der Waals surface area contributed by atoms with Crippen LogP contribution in [0.4, 0.5) is 5.69 Å².